The van der Waals surface area contributed by atoms with E-state index in [-0.39, 0.29) is 34.6 Å². The normalized spacial score (nSPS) is 10.8. The minimum absolute atomic E-state index is 0. The molecule has 0 aliphatic carbocycles. The molecule has 0 radical (unpaired) electrons. The fourth-order valence-corrected chi connectivity index (χ4v) is 3.36. The van der Waals surface area contributed by atoms with E-state index >= 15 is 0 Å². The highest BCUT2D eigenvalue weighted by Gasteiger charge is 2.15. The minimum atomic E-state index is -0.386. The van der Waals surface area contributed by atoms with Crippen LogP contribution in [-0.4, -0.2) is 12.0 Å². The Kier molecular flexibility index (Phi) is 5.89. The Morgan fingerprint density at radius 1 is 1.21 bits per heavy atom. The fourth-order valence-electron chi connectivity index (χ4n) is 2.33. The monoisotopic (exact) mass is 454 g/mol. The number of nitro benzene ring substituents is 1. The lowest BCUT2D eigenvalue weighted by molar-refractivity contribution is -0.642. The predicted molar refractivity (Wildman–Crippen MR) is 91.6 cm³/mol. The second-order valence-electron chi connectivity index (χ2n) is 5.02. The van der Waals surface area contributed by atoms with E-state index in [0.717, 1.165) is 26.5 Å². The van der Waals surface area contributed by atoms with Crippen molar-refractivity contribution in [2.24, 2.45) is 7.05 Å². The molecule has 3 rings (SSSR count). The summed E-state index contributed by atoms with van der Waals surface area (Å²) in [6.07, 6.45) is 3.85. The van der Waals surface area contributed by atoms with Crippen LogP contribution in [0.3, 0.4) is 0 Å². The van der Waals surface area contributed by atoms with Gasteiger partial charge in [0, 0.05) is 18.2 Å². The van der Waals surface area contributed by atoms with E-state index in [1.54, 1.807) is 30.6 Å². The first-order valence-electron chi connectivity index (χ1n) is 6.97. The molecule has 124 valence electrons. The highest BCUT2D eigenvalue weighted by Crippen LogP contribution is 2.25. The van der Waals surface area contributed by atoms with Gasteiger partial charge in [-0.25, -0.2) is 0 Å². The lowest BCUT2D eigenvalue weighted by atomic mass is 10.2. The van der Waals surface area contributed by atoms with Gasteiger partial charge in [-0.3, -0.25) is 10.1 Å². The first-order valence-corrected chi connectivity index (χ1v) is 7.79. The van der Waals surface area contributed by atoms with Gasteiger partial charge in [-0.15, -0.1) is 0 Å². The Morgan fingerprint density at radius 2 is 2.00 bits per heavy atom. The quantitative estimate of drug-likeness (QED) is 0.254. The number of hydrogen-bond donors (Lipinski definition) is 0. The number of methoxy groups -OCH3 is 1. The van der Waals surface area contributed by atoms with Crippen LogP contribution in [0.4, 0.5) is 5.69 Å². The summed E-state index contributed by atoms with van der Waals surface area (Å²) in [5, 5.41) is 11.9. The molecule has 7 heteroatoms. The van der Waals surface area contributed by atoms with E-state index in [1.165, 1.54) is 6.07 Å². The van der Waals surface area contributed by atoms with Crippen molar-refractivity contribution in [3.63, 3.8) is 0 Å². The molecule has 0 saturated heterocycles. The summed E-state index contributed by atoms with van der Waals surface area (Å²) in [6, 6.07) is 12.6. The standard InChI is InChI=1S/C17H15N2O3S.HI/c1-18-15-11-14(22-2)7-8-16(15)23-17(18)9-6-12-4-3-5-13(10-12)19(20)21;/h3-11H,1-2H3;1H/q+1;/p-1. The van der Waals surface area contributed by atoms with Crippen LogP contribution in [0.1, 0.15) is 10.6 Å². The number of ether oxygens (including phenoxy) is 1. The molecular formula is C17H15IN2O3S. The highest BCUT2D eigenvalue weighted by atomic mass is 127. The maximum Gasteiger partial charge on any atom is 0.270 e. The van der Waals surface area contributed by atoms with Gasteiger partial charge in [-0.2, -0.15) is 4.57 Å². The van der Waals surface area contributed by atoms with Gasteiger partial charge in [0.25, 0.3) is 10.7 Å². The SMILES string of the molecule is COc1ccc2sc(C=Cc3cccc([N+](=O)[O-])c3)[n+](C)c2c1.[I-]. The maximum atomic E-state index is 10.8. The zero-order valence-corrected chi connectivity index (χ0v) is 16.1. The van der Waals surface area contributed by atoms with Crippen molar-refractivity contribution in [2.75, 3.05) is 7.11 Å². The number of rotatable bonds is 4. The fraction of sp³-hybridized carbons (Fsp3) is 0.118. The number of non-ortho nitro benzene ring substituents is 1. The molecule has 0 aliphatic heterocycles. The van der Waals surface area contributed by atoms with Crippen molar-refractivity contribution in [3.05, 3.63) is 63.1 Å². The van der Waals surface area contributed by atoms with E-state index in [9.17, 15) is 10.1 Å². The first-order chi connectivity index (χ1) is 11.1. The molecule has 0 spiro atoms. The second kappa shape index (κ2) is 7.71. The van der Waals surface area contributed by atoms with Gasteiger partial charge in [0.1, 0.15) is 17.5 Å². The number of nitro groups is 1. The summed E-state index contributed by atoms with van der Waals surface area (Å²) < 4.78 is 8.50. The number of thiazole rings is 1. The number of nitrogens with zero attached hydrogens (tertiary/aromatic N) is 2. The van der Waals surface area contributed by atoms with Crippen LogP contribution in [0.5, 0.6) is 5.75 Å². The number of hydrogen-bond acceptors (Lipinski definition) is 4. The van der Waals surface area contributed by atoms with Crippen molar-refractivity contribution < 1.29 is 38.2 Å². The second-order valence-corrected chi connectivity index (χ2v) is 6.08. The molecule has 5 nitrogen and oxygen atoms in total. The van der Waals surface area contributed by atoms with Crippen LogP contribution in [-0.2, 0) is 7.05 Å². The number of halogens is 1. The van der Waals surface area contributed by atoms with E-state index in [0.29, 0.717) is 0 Å². The van der Waals surface area contributed by atoms with Crippen LogP contribution in [0.15, 0.2) is 42.5 Å². The van der Waals surface area contributed by atoms with Gasteiger partial charge in [0.2, 0.25) is 5.52 Å². The summed E-state index contributed by atoms with van der Waals surface area (Å²) in [5.41, 5.74) is 1.99. The van der Waals surface area contributed by atoms with Crippen molar-refractivity contribution in [1.82, 2.24) is 0 Å². The average molecular weight is 454 g/mol. The zero-order chi connectivity index (χ0) is 16.4. The summed E-state index contributed by atoms with van der Waals surface area (Å²) in [6.45, 7) is 0. The molecule has 0 atom stereocenters. The average Bonchev–Trinajstić information content (AvgIpc) is 2.89. The lowest BCUT2D eigenvalue weighted by Gasteiger charge is -1.96. The largest absolute Gasteiger partial charge is 1.00 e. The first kappa shape index (κ1) is 18.3. The summed E-state index contributed by atoms with van der Waals surface area (Å²) in [7, 11) is 3.64. The summed E-state index contributed by atoms with van der Waals surface area (Å²) >= 11 is 1.66. The third-order valence-electron chi connectivity index (χ3n) is 3.57. The third kappa shape index (κ3) is 3.73. The summed E-state index contributed by atoms with van der Waals surface area (Å²) in [5.74, 6) is 0.820. The van der Waals surface area contributed by atoms with Crippen molar-refractivity contribution in [1.29, 1.82) is 0 Å². The molecule has 0 saturated carbocycles. The van der Waals surface area contributed by atoms with Crippen molar-refractivity contribution in [3.8, 4) is 5.75 Å². The molecule has 0 N–H and O–H groups in total. The Labute approximate surface area is 160 Å². The van der Waals surface area contributed by atoms with Gasteiger partial charge < -0.3 is 28.7 Å². The smallest absolute Gasteiger partial charge is 0.270 e. The number of benzene rings is 2. The van der Waals surface area contributed by atoms with Gasteiger partial charge in [-0.05, 0) is 23.8 Å². The topological polar surface area (TPSA) is 56.3 Å². The van der Waals surface area contributed by atoms with Crippen LogP contribution >= 0.6 is 11.3 Å². The molecule has 0 amide bonds. The van der Waals surface area contributed by atoms with Crippen LogP contribution in [0.25, 0.3) is 22.4 Å². The van der Waals surface area contributed by atoms with E-state index in [1.807, 2.05) is 43.5 Å². The number of fused-ring (bicyclic) bond motifs is 1. The van der Waals surface area contributed by atoms with Gasteiger partial charge in [0.15, 0.2) is 0 Å². The van der Waals surface area contributed by atoms with Crippen molar-refractivity contribution in [2.45, 2.75) is 0 Å². The molecular weight excluding hydrogens is 439 g/mol. The number of aryl methyl sites for hydroxylation is 1. The predicted octanol–water partition coefficient (Wildman–Crippen LogP) is 0.817. The molecule has 0 aliphatic rings. The molecule has 0 unspecified atom stereocenters. The maximum absolute atomic E-state index is 10.8. The molecule has 2 aromatic carbocycles. The Balaban J connectivity index is 0.00000208. The van der Waals surface area contributed by atoms with Crippen LogP contribution < -0.4 is 33.3 Å². The van der Waals surface area contributed by atoms with E-state index in [4.69, 9.17) is 4.74 Å². The Hall–Kier alpha value is -2.00. The Bertz CT molecular complexity index is 921. The molecule has 0 bridgehead atoms. The zero-order valence-electron chi connectivity index (χ0n) is 13.1. The van der Waals surface area contributed by atoms with Crippen LogP contribution in [0.2, 0.25) is 0 Å². The molecule has 3 aromatic rings. The molecule has 24 heavy (non-hydrogen) atoms. The minimum Gasteiger partial charge on any atom is -1.00 e. The van der Waals surface area contributed by atoms with Gasteiger partial charge in [0.05, 0.1) is 18.1 Å². The van der Waals surface area contributed by atoms with E-state index < -0.39 is 0 Å². The number of aromatic nitrogens is 1. The highest BCUT2D eigenvalue weighted by molar-refractivity contribution is 7.18. The van der Waals surface area contributed by atoms with Gasteiger partial charge >= 0.3 is 0 Å². The molecule has 1 heterocycles. The Morgan fingerprint density at radius 3 is 2.71 bits per heavy atom. The lowest BCUT2D eigenvalue weighted by Crippen LogP contribution is -3.00. The molecule has 1 aromatic heterocycles. The molecule has 0 fully saturated rings. The van der Waals surface area contributed by atoms with Gasteiger partial charge in [-0.1, -0.05) is 23.5 Å². The van der Waals surface area contributed by atoms with Crippen molar-refractivity contribution >= 4 is 39.4 Å². The summed E-state index contributed by atoms with van der Waals surface area (Å²) in [4.78, 5) is 10.4. The third-order valence-corrected chi connectivity index (χ3v) is 4.76. The van der Waals surface area contributed by atoms with E-state index in [2.05, 4.69) is 4.57 Å². The van der Waals surface area contributed by atoms with Crippen LogP contribution in [0, 0.1) is 10.1 Å².